The number of H-pyrrole nitrogens is 1. The Morgan fingerprint density at radius 3 is 2.83 bits per heavy atom. The Kier molecular flexibility index (Phi) is 4.94. The molecule has 0 unspecified atom stereocenters. The maximum Gasteiger partial charge on any atom is 0.225 e. The molecule has 0 saturated carbocycles. The van der Waals surface area contributed by atoms with Gasteiger partial charge in [0.25, 0.3) is 0 Å². The number of hydrogen-bond donors (Lipinski definition) is 1. The van der Waals surface area contributed by atoms with Gasteiger partial charge in [-0.25, -0.2) is 4.98 Å². The summed E-state index contributed by atoms with van der Waals surface area (Å²) in [5, 5.41) is 4.22. The van der Waals surface area contributed by atoms with Crippen molar-refractivity contribution in [1.82, 2.24) is 19.4 Å². The van der Waals surface area contributed by atoms with Crippen LogP contribution in [0.1, 0.15) is 49.2 Å². The Hall–Kier alpha value is -2.86. The lowest BCUT2D eigenvalue weighted by molar-refractivity contribution is -0.135. The predicted octanol–water partition coefficient (Wildman–Crippen LogP) is 5.16. The van der Waals surface area contributed by atoms with E-state index in [4.69, 9.17) is 4.98 Å². The van der Waals surface area contributed by atoms with Crippen molar-refractivity contribution < 1.29 is 4.79 Å². The summed E-state index contributed by atoms with van der Waals surface area (Å²) < 4.78 is 2.14. The Labute approximate surface area is 174 Å². The Bertz CT molecular complexity index is 1020. The lowest BCUT2D eigenvalue weighted by Gasteiger charge is -2.35. The first-order valence-corrected chi connectivity index (χ1v) is 11.1. The second-order valence-electron chi connectivity index (χ2n) is 7.64. The molecule has 4 aromatic rings. The number of benzene rings is 1. The summed E-state index contributed by atoms with van der Waals surface area (Å²) in [7, 11) is 0. The minimum Gasteiger partial charge on any atom is -0.346 e. The number of imidazole rings is 1. The van der Waals surface area contributed by atoms with Crippen LogP contribution < -0.4 is 0 Å². The average molecular weight is 405 g/mol. The third-order valence-corrected chi connectivity index (χ3v) is 6.53. The van der Waals surface area contributed by atoms with Crippen molar-refractivity contribution >= 4 is 28.3 Å². The Balaban J connectivity index is 1.42. The maximum atomic E-state index is 13.5. The molecule has 6 heteroatoms. The molecule has 29 heavy (non-hydrogen) atoms. The van der Waals surface area contributed by atoms with E-state index in [1.54, 1.807) is 11.3 Å². The highest BCUT2D eigenvalue weighted by Crippen LogP contribution is 2.33. The standard InChI is InChI=1S/C23H24N4OS/c28-22(15-21(17-10-14-29-16-17)26-11-5-6-12-26)27-13-4-3-9-20(27)23-24-18-7-1-2-8-19(18)25-23/h1-2,5-8,10-12,14,16,20-21H,3-4,9,13,15H2,(H,24,25)/t20-,21+/m1/s1. The summed E-state index contributed by atoms with van der Waals surface area (Å²) in [5.41, 5.74) is 3.18. The minimum absolute atomic E-state index is 0.0245. The van der Waals surface area contributed by atoms with Gasteiger partial charge in [-0.1, -0.05) is 12.1 Å². The average Bonchev–Trinajstić information content (AvgIpc) is 3.53. The molecule has 1 aliphatic rings. The van der Waals surface area contributed by atoms with Crippen molar-refractivity contribution in [2.24, 2.45) is 0 Å². The van der Waals surface area contributed by atoms with E-state index in [9.17, 15) is 4.79 Å². The van der Waals surface area contributed by atoms with Gasteiger partial charge >= 0.3 is 0 Å². The van der Waals surface area contributed by atoms with Crippen molar-refractivity contribution in [3.05, 3.63) is 77.0 Å². The molecule has 4 heterocycles. The van der Waals surface area contributed by atoms with Crippen molar-refractivity contribution in [1.29, 1.82) is 0 Å². The highest BCUT2D eigenvalue weighted by molar-refractivity contribution is 7.08. The number of likely N-dealkylation sites (tertiary alicyclic amines) is 1. The third kappa shape index (κ3) is 3.60. The predicted molar refractivity (Wildman–Crippen MR) is 116 cm³/mol. The van der Waals surface area contributed by atoms with Gasteiger partial charge in [-0.3, -0.25) is 4.79 Å². The van der Waals surface area contributed by atoms with Crippen molar-refractivity contribution in [3.8, 4) is 0 Å². The van der Waals surface area contributed by atoms with E-state index in [1.165, 1.54) is 5.56 Å². The molecule has 1 fully saturated rings. The second-order valence-corrected chi connectivity index (χ2v) is 8.42. The van der Waals surface area contributed by atoms with E-state index >= 15 is 0 Å². The van der Waals surface area contributed by atoms with Crippen LogP contribution in [0.4, 0.5) is 0 Å². The molecule has 1 N–H and O–H groups in total. The lowest BCUT2D eigenvalue weighted by atomic mass is 9.99. The smallest absolute Gasteiger partial charge is 0.225 e. The van der Waals surface area contributed by atoms with Crippen LogP contribution in [0, 0.1) is 0 Å². The van der Waals surface area contributed by atoms with E-state index in [0.29, 0.717) is 6.42 Å². The first-order chi connectivity index (χ1) is 14.3. The molecule has 1 aromatic carbocycles. The monoisotopic (exact) mass is 404 g/mol. The largest absolute Gasteiger partial charge is 0.346 e. The summed E-state index contributed by atoms with van der Waals surface area (Å²) in [6.45, 7) is 0.794. The van der Waals surface area contributed by atoms with Gasteiger partial charge in [-0.2, -0.15) is 11.3 Å². The minimum atomic E-state index is 0.0245. The van der Waals surface area contributed by atoms with Crippen LogP contribution in [-0.4, -0.2) is 31.9 Å². The third-order valence-electron chi connectivity index (χ3n) is 5.83. The van der Waals surface area contributed by atoms with Crippen LogP contribution in [0.25, 0.3) is 11.0 Å². The van der Waals surface area contributed by atoms with E-state index in [-0.39, 0.29) is 18.0 Å². The first kappa shape index (κ1) is 18.2. The highest BCUT2D eigenvalue weighted by Gasteiger charge is 2.32. The molecule has 0 radical (unpaired) electrons. The van der Waals surface area contributed by atoms with Crippen LogP contribution in [0.2, 0.25) is 0 Å². The van der Waals surface area contributed by atoms with Crippen LogP contribution >= 0.6 is 11.3 Å². The number of carbonyl (C=O) groups is 1. The van der Waals surface area contributed by atoms with Gasteiger partial charge in [-0.05, 0) is 65.9 Å². The van der Waals surface area contributed by atoms with Crippen LogP contribution in [0.5, 0.6) is 0 Å². The molecule has 0 spiro atoms. The number of nitrogens with one attached hydrogen (secondary N) is 1. The van der Waals surface area contributed by atoms with Crippen molar-refractivity contribution in [3.63, 3.8) is 0 Å². The number of aromatic nitrogens is 3. The number of carbonyl (C=O) groups excluding carboxylic acids is 1. The number of aromatic amines is 1. The summed E-state index contributed by atoms with van der Waals surface area (Å²) in [4.78, 5) is 23.8. The summed E-state index contributed by atoms with van der Waals surface area (Å²) in [6, 6.07) is 14.3. The maximum absolute atomic E-state index is 13.5. The summed E-state index contributed by atoms with van der Waals surface area (Å²) in [6.07, 6.45) is 7.68. The number of thiophene rings is 1. The molecule has 1 amide bonds. The number of amides is 1. The van der Waals surface area contributed by atoms with Gasteiger partial charge in [0.2, 0.25) is 5.91 Å². The van der Waals surface area contributed by atoms with E-state index in [2.05, 4.69) is 26.4 Å². The van der Waals surface area contributed by atoms with Gasteiger partial charge < -0.3 is 14.5 Å². The Morgan fingerprint density at radius 1 is 1.17 bits per heavy atom. The molecule has 5 nitrogen and oxygen atoms in total. The van der Waals surface area contributed by atoms with Gasteiger partial charge in [0, 0.05) is 18.9 Å². The fourth-order valence-corrected chi connectivity index (χ4v) is 5.05. The number of piperidine rings is 1. The fourth-order valence-electron chi connectivity index (χ4n) is 4.34. The second kappa shape index (κ2) is 7.87. The van der Waals surface area contributed by atoms with Crippen molar-refractivity contribution in [2.75, 3.05) is 6.54 Å². The number of nitrogens with zero attached hydrogens (tertiary/aromatic N) is 3. The zero-order valence-electron chi connectivity index (χ0n) is 16.2. The van der Waals surface area contributed by atoms with Gasteiger partial charge in [0.1, 0.15) is 5.82 Å². The molecule has 1 aliphatic heterocycles. The first-order valence-electron chi connectivity index (χ1n) is 10.2. The number of para-hydroxylation sites is 2. The molecule has 5 rings (SSSR count). The van der Waals surface area contributed by atoms with E-state index < -0.39 is 0 Å². The lowest BCUT2D eigenvalue weighted by Crippen LogP contribution is -2.40. The van der Waals surface area contributed by atoms with E-state index in [0.717, 1.165) is 42.7 Å². The molecule has 1 saturated heterocycles. The van der Waals surface area contributed by atoms with Crippen LogP contribution in [0.3, 0.4) is 0 Å². The number of rotatable bonds is 5. The van der Waals surface area contributed by atoms with Gasteiger partial charge in [0.15, 0.2) is 0 Å². The van der Waals surface area contributed by atoms with E-state index in [1.807, 2.05) is 53.7 Å². The molecule has 148 valence electrons. The molecule has 0 aliphatic carbocycles. The SMILES string of the molecule is O=C(C[C@@H](c1ccsc1)n1cccc1)N1CCCC[C@@H]1c1nc2ccccc2[nH]1. The van der Waals surface area contributed by atoms with Crippen LogP contribution in [0.15, 0.2) is 65.6 Å². The summed E-state index contributed by atoms with van der Waals surface area (Å²) in [5.74, 6) is 1.10. The van der Waals surface area contributed by atoms with Crippen molar-refractivity contribution in [2.45, 2.75) is 37.8 Å². The molecular weight excluding hydrogens is 380 g/mol. The topological polar surface area (TPSA) is 53.9 Å². The molecular formula is C23H24N4OS. The normalized spacial score (nSPS) is 18.2. The number of fused-ring (bicyclic) bond motifs is 1. The van der Waals surface area contributed by atoms with Gasteiger partial charge in [-0.15, -0.1) is 0 Å². The zero-order valence-corrected chi connectivity index (χ0v) is 17.0. The molecule has 2 atom stereocenters. The molecule has 0 bridgehead atoms. The highest BCUT2D eigenvalue weighted by atomic mass is 32.1. The van der Waals surface area contributed by atoms with Gasteiger partial charge in [0.05, 0.1) is 29.5 Å². The quantitative estimate of drug-likeness (QED) is 0.499. The zero-order chi connectivity index (χ0) is 19.6. The fraction of sp³-hybridized carbons (Fsp3) is 0.304. The molecule has 3 aromatic heterocycles. The van der Waals surface area contributed by atoms with Crippen LogP contribution in [-0.2, 0) is 4.79 Å². The Morgan fingerprint density at radius 2 is 2.03 bits per heavy atom. The summed E-state index contributed by atoms with van der Waals surface area (Å²) >= 11 is 1.67. The number of hydrogen-bond acceptors (Lipinski definition) is 3.